The highest BCUT2D eigenvalue weighted by atomic mass is 16.5. The van der Waals surface area contributed by atoms with Crippen molar-refractivity contribution < 1.29 is 14.3 Å². The first-order chi connectivity index (χ1) is 10.1. The molecular formula is C17H23NO3. The lowest BCUT2D eigenvalue weighted by Crippen LogP contribution is -2.06. The van der Waals surface area contributed by atoms with Gasteiger partial charge in [0.2, 0.25) is 6.41 Å². The summed E-state index contributed by atoms with van der Waals surface area (Å²) in [6.45, 7) is 0. The van der Waals surface area contributed by atoms with Crippen LogP contribution in [0.2, 0.25) is 0 Å². The molecule has 0 spiro atoms. The number of nitrogens with zero attached hydrogens (tertiary/aromatic N) is 1. The zero-order chi connectivity index (χ0) is 15.9. The van der Waals surface area contributed by atoms with Crippen LogP contribution in [0.3, 0.4) is 0 Å². The Morgan fingerprint density at radius 1 is 0.762 bits per heavy atom. The number of ether oxygens (including phenoxy) is 2. The second kappa shape index (κ2) is 12.5. The summed E-state index contributed by atoms with van der Waals surface area (Å²) in [5.74, 6) is 1.82. The average Bonchev–Trinajstić information content (AvgIpc) is 2.57. The third-order valence-electron chi connectivity index (χ3n) is 2.17. The van der Waals surface area contributed by atoms with Crippen molar-refractivity contribution in [2.24, 2.45) is 0 Å². The monoisotopic (exact) mass is 289 g/mol. The minimum Gasteiger partial charge on any atom is -0.497 e. The van der Waals surface area contributed by atoms with Gasteiger partial charge in [0, 0.05) is 14.1 Å². The van der Waals surface area contributed by atoms with E-state index in [0.29, 0.717) is 0 Å². The normalized spacial score (nSPS) is 8.19. The molecule has 0 fully saturated rings. The molecule has 0 N–H and O–H groups in total. The zero-order valence-corrected chi connectivity index (χ0v) is 13.0. The Kier molecular flexibility index (Phi) is 11.1. The van der Waals surface area contributed by atoms with E-state index < -0.39 is 0 Å². The molecule has 2 rings (SSSR count). The Morgan fingerprint density at radius 2 is 1.05 bits per heavy atom. The standard InChI is InChI=1S/2C7H8O.C3H7NO/c2*1-8-7-5-3-2-4-6-7;1-4(2)3-5/h2*2-6H,1H3;3H,1-2H3. The maximum absolute atomic E-state index is 9.43. The lowest BCUT2D eigenvalue weighted by Gasteiger charge is -1.93. The molecule has 21 heavy (non-hydrogen) atoms. The van der Waals surface area contributed by atoms with E-state index in [1.54, 1.807) is 28.3 Å². The third-order valence-corrected chi connectivity index (χ3v) is 2.17. The first-order valence-corrected chi connectivity index (χ1v) is 6.43. The molecule has 0 aromatic heterocycles. The summed E-state index contributed by atoms with van der Waals surface area (Å²) in [7, 11) is 6.70. The van der Waals surface area contributed by atoms with E-state index in [1.165, 1.54) is 4.90 Å². The molecule has 0 heterocycles. The molecule has 4 nitrogen and oxygen atoms in total. The Morgan fingerprint density at radius 3 is 1.19 bits per heavy atom. The molecule has 0 aliphatic heterocycles. The van der Waals surface area contributed by atoms with Gasteiger partial charge in [-0.2, -0.15) is 0 Å². The maximum atomic E-state index is 9.43. The number of hydrogen-bond donors (Lipinski definition) is 0. The number of methoxy groups -OCH3 is 2. The van der Waals surface area contributed by atoms with Gasteiger partial charge in [-0.3, -0.25) is 4.79 Å². The van der Waals surface area contributed by atoms with Crippen LogP contribution in [0.15, 0.2) is 60.7 Å². The average molecular weight is 289 g/mol. The lowest BCUT2D eigenvalue weighted by atomic mass is 10.3. The number of para-hydroxylation sites is 2. The maximum Gasteiger partial charge on any atom is 0.209 e. The Labute approximate surface area is 126 Å². The molecule has 0 saturated heterocycles. The van der Waals surface area contributed by atoms with Crippen LogP contribution in [0.5, 0.6) is 11.5 Å². The molecule has 0 radical (unpaired) electrons. The van der Waals surface area contributed by atoms with Crippen LogP contribution >= 0.6 is 0 Å². The molecule has 0 unspecified atom stereocenters. The van der Waals surface area contributed by atoms with Crippen molar-refractivity contribution in [1.82, 2.24) is 4.90 Å². The summed E-state index contributed by atoms with van der Waals surface area (Å²) in [6.07, 6.45) is 0.750. The van der Waals surface area contributed by atoms with Gasteiger partial charge >= 0.3 is 0 Å². The lowest BCUT2D eigenvalue weighted by molar-refractivity contribution is -0.115. The fourth-order valence-corrected chi connectivity index (χ4v) is 1.11. The minimum atomic E-state index is 0.750. The number of amides is 1. The van der Waals surface area contributed by atoms with Crippen LogP contribution in [-0.4, -0.2) is 39.6 Å². The summed E-state index contributed by atoms with van der Waals surface area (Å²) >= 11 is 0. The molecule has 0 atom stereocenters. The summed E-state index contributed by atoms with van der Waals surface area (Å²) < 4.78 is 9.83. The van der Waals surface area contributed by atoms with Gasteiger partial charge < -0.3 is 14.4 Å². The van der Waals surface area contributed by atoms with Crippen molar-refractivity contribution in [3.05, 3.63) is 60.7 Å². The van der Waals surface area contributed by atoms with Crippen molar-refractivity contribution in [1.29, 1.82) is 0 Å². The highest BCUT2D eigenvalue weighted by Gasteiger charge is 1.80. The van der Waals surface area contributed by atoms with Gasteiger partial charge in [0.25, 0.3) is 0 Å². The molecule has 114 valence electrons. The SMILES string of the molecule is CN(C)C=O.COc1ccccc1.COc1ccccc1. The van der Waals surface area contributed by atoms with Crippen LogP contribution in [-0.2, 0) is 4.79 Å². The Balaban J connectivity index is 0.000000296. The Hall–Kier alpha value is -2.49. The number of carbonyl (C=O) groups is 1. The van der Waals surface area contributed by atoms with Crippen molar-refractivity contribution >= 4 is 6.41 Å². The van der Waals surface area contributed by atoms with Crippen molar-refractivity contribution in [2.75, 3.05) is 28.3 Å². The molecule has 1 amide bonds. The fourth-order valence-electron chi connectivity index (χ4n) is 1.11. The quantitative estimate of drug-likeness (QED) is 0.815. The van der Waals surface area contributed by atoms with Gasteiger partial charge in [0.15, 0.2) is 0 Å². The van der Waals surface area contributed by atoms with Gasteiger partial charge in [-0.1, -0.05) is 36.4 Å². The zero-order valence-electron chi connectivity index (χ0n) is 13.0. The first kappa shape index (κ1) is 18.5. The van der Waals surface area contributed by atoms with E-state index in [9.17, 15) is 4.79 Å². The topological polar surface area (TPSA) is 38.8 Å². The van der Waals surface area contributed by atoms with Gasteiger partial charge in [0.05, 0.1) is 14.2 Å². The molecule has 0 aliphatic carbocycles. The number of hydrogen-bond acceptors (Lipinski definition) is 3. The fraction of sp³-hybridized carbons (Fsp3) is 0.235. The van der Waals surface area contributed by atoms with Crippen LogP contribution in [0.25, 0.3) is 0 Å². The second-order valence-corrected chi connectivity index (χ2v) is 4.10. The highest BCUT2D eigenvalue weighted by molar-refractivity contribution is 5.45. The molecular weight excluding hydrogens is 266 g/mol. The van der Waals surface area contributed by atoms with Gasteiger partial charge in [-0.15, -0.1) is 0 Å². The van der Waals surface area contributed by atoms with Gasteiger partial charge in [-0.25, -0.2) is 0 Å². The van der Waals surface area contributed by atoms with E-state index in [-0.39, 0.29) is 0 Å². The molecule has 0 bridgehead atoms. The van der Waals surface area contributed by atoms with Crippen LogP contribution in [0.4, 0.5) is 0 Å². The predicted octanol–water partition coefficient (Wildman–Crippen LogP) is 3.09. The largest absolute Gasteiger partial charge is 0.497 e. The molecule has 2 aromatic rings. The van der Waals surface area contributed by atoms with E-state index in [0.717, 1.165) is 17.9 Å². The second-order valence-electron chi connectivity index (χ2n) is 4.10. The Bertz CT molecular complexity index is 418. The van der Waals surface area contributed by atoms with E-state index in [2.05, 4.69) is 0 Å². The highest BCUT2D eigenvalue weighted by Crippen LogP contribution is 2.06. The first-order valence-electron chi connectivity index (χ1n) is 6.43. The van der Waals surface area contributed by atoms with Crippen LogP contribution in [0, 0.1) is 0 Å². The molecule has 2 aromatic carbocycles. The van der Waals surface area contributed by atoms with Crippen LogP contribution in [0.1, 0.15) is 0 Å². The predicted molar refractivity (Wildman–Crippen MR) is 85.7 cm³/mol. The van der Waals surface area contributed by atoms with E-state index in [4.69, 9.17) is 9.47 Å². The summed E-state index contributed by atoms with van der Waals surface area (Å²) in [6, 6.07) is 19.4. The number of rotatable bonds is 3. The number of benzene rings is 2. The third kappa shape index (κ3) is 11.1. The van der Waals surface area contributed by atoms with Crippen molar-refractivity contribution in [3.8, 4) is 11.5 Å². The minimum absolute atomic E-state index is 0.750. The van der Waals surface area contributed by atoms with Crippen molar-refractivity contribution in [3.63, 3.8) is 0 Å². The number of carbonyl (C=O) groups excluding carboxylic acids is 1. The summed E-state index contributed by atoms with van der Waals surface area (Å²) in [5, 5.41) is 0. The summed E-state index contributed by atoms with van der Waals surface area (Å²) in [4.78, 5) is 10.9. The van der Waals surface area contributed by atoms with Crippen molar-refractivity contribution in [2.45, 2.75) is 0 Å². The van der Waals surface area contributed by atoms with E-state index >= 15 is 0 Å². The molecule has 0 aliphatic rings. The van der Waals surface area contributed by atoms with Gasteiger partial charge in [0.1, 0.15) is 11.5 Å². The van der Waals surface area contributed by atoms with E-state index in [1.807, 2.05) is 60.7 Å². The summed E-state index contributed by atoms with van der Waals surface area (Å²) in [5.41, 5.74) is 0. The smallest absolute Gasteiger partial charge is 0.209 e. The van der Waals surface area contributed by atoms with Gasteiger partial charge in [-0.05, 0) is 24.3 Å². The molecule has 0 saturated carbocycles. The van der Waals surface area contributed by atoms with Crippen LogP contribution < -0.4 is 9.47 Å². The molecule has 4 heteroatoms.